The molecule has 0 saturated carbocycles. The SMILES string of the molecule is CCOc1ncccc1C(=O)Nc1nc(-c2ccc3ccccc3c2)cs1. The molecule has 0 aliphatic carbocycles. The maximum absolute atomic E-state index is 12.6. The summed E-state index contributed by atoms with van der Waals surface area (Å²) in [6, 6.07) is 17.8. The van der Waals surface area contributed by atoms with Crippen LogP contribution in [0.5, 0.6) is 5.88 Å². The smallest absolute Gasteiger partial charge is 0.262 e. The normalized spacial score (nSPS) is 10.7. The quantitative estimate of drug-likeness (QED) is 0.533. The highest BCUT2D eigenvalue weighted by atomic mass is 32.1. The van der Waals surface area contributed by atoms with E-state index in [1.54, 1.807) is 18.3 Å². The van der Waals surface area contributed by atoms with Crippen molar-refractivity contribution in [1.82, 2.24) is 9.97 Å². The topological polar surface area (TPSA) is 64.1 Å². The third-order valence-corrected chi connectivity index (χ3v) is 4.82. The number of rotatable bonds is 5. The summed E-state index contributed by atoms with van der Waals surface area (Å²) in [6.07, 6.45) is 1.60. The van der Waals surface area contributed by atoms with E-state index in [4.69, 9.17) is 4.74 Å². The number of nitrogens with one attached hydrogen (secondary N) is 1. The lowest BCUT2D eigenvalue weighted by molar-refractivity contribution is 0.102. The van der Waals surface area contributed by atoms with Gasteiger partial charge in [0, 0.05) is 17.1 Å². The van der Waals surface area contributed by atoms with E-state index in [1.165, 1.54) is 16.7 Å². The van der Waals surface area contributed by atoms with Crippen molar-refractivity contribution in [3.63, 3.8) is 0 Å². The molecule has 0 aliphatic heterocycles. The van der Waals surface area contributed by atoms with Gasteiger partial charge >= 0.3 is 0 Å². The maximum Gasteiger partial charge on any atom is 0.262 e. The molecule has 0 saturated heterocycles. The van der Waals surface area contributed by atoms with E-state index in [0.29, 0.717) is 23.2 Å². The first kappa shape index (κ1) is 17.2. The molecule has 0 spiro atoms. The molecule has 134 valence electrons. The number of pyridine rings is 1. The molecule has 4 aromatic rings. The zero-order chi connectivity index (χ0) is 18.6. The van der Waals surface area contributed by atoms with Gasteiger partial charge in [-0.3, -0.25) is 10.1 Å². The van der Waals surface area contributed by atoms with Crippen LogP contribution < -0.4 is 10.1 Å². The number of amides is 1. The van der Waals surface area contributed by atoms with Gasteiger partial charge < -0.3 is 4.74 Å². The summed E-state index contributed by atoms with van der Waals surface area (Å²) in [6.45, 7) is 2.30. The van der Waals surface area contributed by atoms with Crippen LogP contribution in [0.15, 0.2) is 66.2 Å². The molecule has 5 nitrogen and oxygen atoms in total. The van der Waals surface area contributed by atoms with Gasteiger partial charge in [0.05, 0.1) is 12.3 Å². The predicted molar refractivity (Wildman–Crippen MR) is 108 cm³/mol. The molecule has 0 radical (unpaired) electrons. The van der Waals surface area contributed by atoms with Gasteiger partial charge in [0.25, 0.3) is 5.91 Å². The van der Waals surface area contributed by atoms with Crippen molar-refractivity contribution in [3.8, 4) is 17.1 Å². The molecule has 2 aromatic heterocycles. The minimum absolute atomic E-state index is 0.286. The summed E-state index contributed by atoms with van der Waals surface area (Å²) in [5.74, 6) is 0.0368. The highest BCUT2D eigenvalue weighted by Gasteiger charge is 2.15. The van der Waals surface area contributed by atoms with E-state index in [9.17, 15) is 4.79 Å². The maximum atomic E-state index is 12.6. The van der Waals surface area contributed by atoms with Crippen LogP contribution in [0.25, 0.3) is 22.0 Å². The van der Waals surface area contributed by atoms with Crippen molar-refractivity contribution in [1.29, 1.82) is 0 Å². The molecule has 0 unspecified atom stereocenters. The number of anilines is 1. The Balaban J connectivity index is 1.56. The lowest BCUT2D eigenvalue weighted by atomic mass is 10.1. The standard InChI is InChI=1S/C21H17N3O2S/c1-2-26-20-17(8-5-11-22-20)19(25)24-21-23-18(13-27-21)16-10-9-14-6-3-4-7-15(14)12-16/h3-13H,2H2,1H3,(H,23,24,25). The predicted octanol–water partition coefficient (Wildman–Crippen LogP) is 5.01. The fourth-order valence-corrected chi connectivity index (χ4v) is 3.51. The van der Waals surface area contributed by atoms with Crippen molar-refractivity contribution in [3.05, 3.63) is 71.7 Å². The van der Waals surface area contributed by atoms with E-state index >= 15 is 0 Å². The molecule has 1 N–H and O–H groups in total. The number of aromatic nitrogens is 2. The largest absolute Gasteiger partial charge is 0.477 e. The van der Waals surface area contributed by atoms with Crippen molar-refractivity contribution < 1.29 is 9.53 Å². The van der Waals surface area contributed by atoms with Crippen LogP contribution in [0, 0.1) is 0 Å². The Hall–Kier alpha value is -3.25. The molecule has 0 fully saturated rings. The Morgan fingerprint density at radius 1 is 1.11 bits per heavy atom. The van der Waals surface area contributed by atoms with Gasteiger partial charge in [0.1, 0.15) is 5.56 Å². The second-order valence-corrected chi connectivity index (χ2v) is 6.70. The van der Waals surface area contributed by atoms with Crippen LogP contribution in [0.4, 0.5) is 5.13 Å². The second kappa shape index (κ2) is 7.55. The number of hydrogen-bond donors (Lipinski definition) is 1. The van der Waals surface area contributed by atoms with Crippen LogP contribution in [-0.4, -0.2) is 22.5 Å². The summed E-state index contributed by atoms with van der Waals surface area (Å²) in [5.41, 5.74) is 2.24. The third kappa shape index (κ3) is 3.66. The van der Waals surface area contributed by atoms with Crippen LogP contribution in [-0.2, 0) is 0 Å². The summed E-state index contributed by atoms with van der Waals surface area (Å²) < 4.78 is 5.42. The van der Waals surface area contributed by atoms with E-state index in [2.05, 4.69) is 39.6 Å². The van der Waals surface area contributed by atoms with Gasteiger partial charge in [-0.25, -0.2) is 9.97 Å². The Bertz CT molecular complexity index is 1110. The van der Waals surface area contributed by atoms with E-state index in [0.717, 1.165) is 16.6 Å². The molecule has 0 bridgehead atoms. The Kier molecular flexibility index (Phi) is 4.80. The molecule has 0 aliphatic rings. The number of nitrogens with zero attached hydrogens (tertiary/aromatic N) is 2. The minimum atomic E-state index is -0.286. The van der Waals surface area contributed by atoms with Crippen LogP contribution in [0.3, 0.4) is 0 Å². The van der Waals surface area contributed by atoms with Gasteiger partial charge in [-0.2, -0.15) is 0 Å². The van der Waals surface area contributed by atoms with Gasteiger partial charge in [-0.1, -0.05) is 36.4 Å². The Morgan fingerprint density at radius 2 is 1.96 bits per heavy atom. The van der Waals surface area contributed by atoms with Crippen LogP contribution in [0.1, 0.15) is 17.3 Å². The van der Waals surface area contributed by atoms with E-state index < -0.39 is 0 Å². The summed E-state index contributed by atoms with van der Waals surface area (Å²) >= 11 is 1.39. The molecule has 0 atom stereocenters. The molecule has 2 aromatic carbocycles. The zero-order valence-electron chi connectivity index (χ0n) is 14.7. The average molecular weight is 375 g/mol. The minimum Gasteiger partial charge on any atom is -0.477 e. The second-order valence-electron chi connectivity index (χ2n) is 5.84. The summed E-state index contributed by atoms with van der Waals surface area (Å²) in [5, 5.41) is 7.65. The summed E-state index contributed by atoms with van der Waals surface area (Å²) in [4.78, 5) is 21.2. The highest BCUT2D eigenvalue weighted by molar-refractivity contribution is 7.14. The fourth-order valence-electron chi connectivity index (χ4n) is 2.79. The van der Waals surface area contributed by atoms with Crippen LogP contribution in [0.2, 0.25) is 0 Å². The number of thiazole rings is 1. The summed E-state index contributed by atoms with van der Waals surface area (Å²) in [7, 11) is 0. The lowest BCUT2D eigenvalue weighted by Gasteiger charge is -2.07. The first-order chi connectivity index (χ1) is 13.2. The number of ether oxygens (including phenoxy) is 1. The van der Waals surface area contributed by atoms with Crippen molar-refractivity contribution in [2.45, 2.75) is 6.92 Å². The molecule has 27 heavy (non-hydrogen) atoms. The molecule has 4 rings (SSSR count). The van der Waals surface area contributed by atoms with Gasteiger partial charge in [-0.15, -0.1) is 11.3 Å². The van der Waals surface area contributed by atoms with Crippen LogP contribution >= 0.6 is 11.3 Å². The Labute approximate surface area is 160 Å². The zero-order valence-corrected chi connectivity index (χ0v) is 15.5. The Morgan fingerprint density at radius 3 is 2.81 bits per heavy atom. The molecule has 6 heteroatoms. The first-order valence-corrected chi connectivity index (χ1v) is 9.46. The molecule has 1 amide bonds. The number of hydrogen-bond acceptors (Lipinski definition) is 5. The number of carbonyl (C=O) groups is 1. The monoisotopic (exact) mass is 375 g/mol. The van der Waals surface area contributed by atoms with E-state index in [-0.39, 0.29) is 5.91 Å². The number of benzene rings is 2. The van der Waals surface area contributed by atoms with E-state index in [1.807, 2.05) is 30.5 Å². The van der Waals surface area contributed by atoms with Crippen molar-refractivity contribution >= 4 is 33.1 Å². The van der Waals surface area contributed by atoms with Crippen molar-refractivity contribution in [2.75, 3.05) is 11.9 Å². The van der Waals surface area contributed by atoms with Gasteiger partial charge in [-0.05, 0) is 35.9 Å². The number of fused-ring (bicyclic) bond motifs is 1. The lowest BCUT2D eigenvalue weighted by Crippen LogP contribution is -2.14. The highest BCUT2D eigenvalue weighted by Crippen LogP contribution is 2.28. The molecule has 2 heterocycles. The van der Waals surface area contributed by atoms with Gasteiger partial charge in [0.2, 0.25) is 5.88 Å². The molecular formula is C21H17N3O2S. The number of carbonyl (C=O) groups excluding carboxylic acids is 1. The van der Waals surface area contributed by atoms with Crippen molar-refractivity contribution in [2.24, 2.45) is 0 Å². The van der Waals surface area contributed by atoms with Gasteiger partial charge in [0.15, 0.2) is 5.13 Å². The molecular weight excluding hydrogens is 358 g/mol. The average Bonchev–Trinajstić information content (AvgIpc) is 3.16. The third-order valence-electron chi connectivity index (χ3n) is 4.07. The fraction of sp³-hybridized carbons (Fsp3) is 0.0952. The first-order valence-electron chi connectivity index (χ1n) is 8.58.